The summed E-state index contributed by atoms with van der Waals surface area (Å²) in [4.78, 5) is 21.9. The number of rotatable bonds is 0. The fourth-order valence-electron chi connectivity index (χ4n) is 1.28. The molecule has 2 aromatic rings. The van der Waals surface area contributed by atoms with E-state index < -0.39 is 0 Å². The predicted octanol–water partition coefficient (Wildman–Crippen LogP) is -0.967. The average Bonchev–Trinajstić information content (AvgIpc) is 2.10. The third-order valence-corrected chi connectivity index (χ3v) is 2.13. The number of nitrogens with one attached hydrogen (secondary N) is 1. The summed E-state index contributed by atoms with van der Waals surface area (Å²) in [6, 6.07) is 0. The molecular formula is C8H10N5O+. The maximum absolute atomic E-state index is 11.5. The minimum atomic E-state index is -0.272. The van der Waals surface area contributed by atoms with Gasteiger partial charge < -0.3 is 5.73 Å². The highest BCUT2D eigenvalue weighted by Crippen LogP contribution is 1.99. The van der Waals surface area contributed by atoms with E-state index in [1.54, 1.807) is 17.8 Å². The average molecular weight is 192 g/mol. The van der Waals surface area contributed by atoms with Crippen molar-refractivity contribution in [3.05, 3.63) is 22.2 Å². The number of anilines is 1. The van der Waals surface area contributed by atoms with Gasteiger partial charge in [-0.25, -0.2) is 4.98 Å². The summed E-state index contributed by atoms with van der Waals surface area (Å²) in [7, 11) is 1.78. The van der Waals surface area contributed by atoms with Crippen LogP contribution in [0.2, 0.25) is 0 Å². The van der Waals surface area contributed by atoms with Gasteiger partial charge in [0.1, 0.15) is 7.05 Å². The summed E-state index contributed by atoms with van der Waals surface area (Å²) in [5.74, 6) is 0.0823. The molecule has 2 aromatic heterocycles. The molecule has 14 heavy (non-hydrogen) atoms. The first-order valence-electron chi connectivity index (χ1n) is 4.10. The Morgan fingerprint density at radius 1 is 1.57 bits per heavy atom. The van der Waals surface area contributed by atoms with Crippen molar-refractivity contribution in [3.63, 3.8) is 0 Å². The Morgan fingerprint density at radius 2 is 2.29 bits per heavy atom. The van der Waals surface area contributed by atoms with Gasteiger partial charge in [-0.1, -0.05) is 0 Å². The van der Waals surface area contributed by atoms with Crippen molar-refractivity contribution in [1.82, 2.24) is 15.0 Å². The van der Waals surface area contributed by atoms with E-state index in [1.165, 1.54) is 0 Å². The molecule has 0 amide bonds. The van der Waals surface area contributed by atoms with Crippen LogP contribution in [0.3, 0.4) is 0 Å². The van der Waals surface area contributed by atoms with E-state index in [9.17, 15) is 4.79 Å². The highest BCUT2D eigenvalue weighted by atomic mass is 16.1. The second-order valence-corrected chi connectivity index (χ2v) is 3.08. The van der Waals surface area contributed by atoms with Gasteiger partial charge in [0.25, 0.3) is 0 Å². The lowest BCUT2D eigenvalue weighted by Crippen LogP contribution is -2.38. The minimum absolute atomic E-state index is 0.0823. The number of nitrogen functional groups attached to an aromatic ring is 1. The van der Waals surface area contributed by atoms with Gasteiger partial charge >= 0.3 is 11.1 Å². The number of aromatic amines is 1. The number of aryl methyl sites for hydroxylation is 2. The topological polar surface area (TPSA) is 88.5 Å². The number of fused-ring (bicyclic) bond motifs is 1. The largest absolute Gasteiger partial charge is 0.369 e. The van der Waals surface area contributed by atoms with Crippen LogP contribution in [0.4, 0.5) is 5.95 Å². The van der Waals surface area contributed by atoms with Crippen LogP contribution in [0.1, 0.15) is 5.69 Å². The lowest BCUT2D eigenvalue weighted by molar-refractivity contribution is -0.652. The van der Waals surface area contributed by atoms with Crippen molar-refractivity contribution in [3.8, 4) is 0 Å². The SMILES string of the molecule is Cc1cnc2nc(N)[nH]c(=O)c2[n+]1C. The minimum Gasteiger partial charge on any atom is -0.369 e. The lowest BCUT2D eigenvalue weighted by atomic mass is 10.4. The fraction of sp³-hybridized carbons (Fsp3) is 0.250. The molecule has 72 valence electrons. The van der Waals surface area contributed by atoms with Crippen LogP contribution >= 0.6 is 0 Å². The molecular weight excluding hydrogens is 182 g/mol. The monoisotopic (exact) mass is 192 g/mol. The van der Waals surface area contributed by atoms with Crippen LogP contribution in [0.5, 0.6) is 0 Å². The van der Waals surface area contributed by atoms with Crippen molar-refractivity contribution in [1.29, 1.82) is 0 Å². The van der Waals surface area contributed by atoms with Crippen LogP contribution in [0.25, 0.3) is 11.2 Å². The van der Waals surface area contributed by atoms with Gasteiger partial charge in [-0.15, -0.1) is 0 Å². The zero-order valence-electron chi connectivity index (χ0n) is 7.90. The summed E-state index contributed by atoms with van der Waals surface area (Å²) in [6.07, 6.45) is 1.65. The Balaban J connectivity index is 3.03. The predicted molar refractivity (Wildman–Crippen MR) is 50.5 cm³/mol. The Labute approximate surface area is 79.4 Å². The molecule has 0 bridgehead atoms. The van der Waals surface area contributed by atoms with E-state index in [2.05, 4.69) is 15.0 Å². The van der Waals surface area contributed by atoms with Gasteiger partial charge in [0, 0.05) is 6.92 Å². The normalized spacial score (nSPS) is 10.7. The molecule has 0 fully saturated rings. The quantitative estimate of drug-likeness (QED) is 0.526. The highest BCUT2D eigenvalue weighted by Gasteiger charge is 2.15. The summed E-state index contributed by atoms with van der Waals surface area (Å²) < 4.78 is 1.73. The molecule has 0 spiro atoms. The summed E-state index contributed by atoms with van der Waals surface area (Å²) >= 11 is 0. The molecule has 2 heterocycles. The summed E-state index contributed by atoms with van der Waals surface area (Å²) in [5.41, 5.74) is 6.80. The molecule has 6 heteroatoms. The number of hydrogen-bond acceptors (Lipinski definition) is 4. The number of hydrogen-bond donors (Lipinski definition) is 2. The molecule has 0 saturated heterocycles. The van der Waals surface area contributed by atoms with Crippen molar-refractivity contribution in [2.45, 2.75) is 6.92 Å². The second-order valence-electron chi connectivity index (χ2n) is 3.08. The molecule has 2 rings (SSSR count). The number of nitrogens with zero attached hydrogens (tertiary/aromatic N) is 3. The van der Waals surface area contributed by atoms with E-state index in [4.69, 9.17) is 5.73 Å². The van der Waals surface area contributed by atoms with Gasteiger partial charge in [-0.3, -0.25) is 9.78 Å². The molecule has 0 radical (unpaired) electrons. The van der Waals surface area contributed by atoms with Gasteiger partial charge in [-0.2, -0.15) is 9.55 Å². The Kier molecular flexibility index (Phi) is 1.70. The van der Waals surface area contributed by atoms with Crippen LogP contribution in [0, 0.1) is 6.92 Å². The van der Waals surface area contributed by atoms with Crippen molar-refractivity contribution >= 4 is 17.1 Å². The van der Waals surface area contributed by atoms with Gasteiger partial charge in [0.15, 0.2) is 5.69 Å². The summed E-state index contributed by atoms with van der Waals surface area (Å²) in [5, 5.41) is 0. The van der Waals surface area contributed by atoms with E-state index >= 15 is 0 Å². The van der Waals surface area contributed by atoms with Gasteiger partial charge in [0.05, 0.1) is 6.20 Å². The van der Waals surface area contributed by atoms with Crippen LogP contribution in [-0.4, -0.2) is 15.0 Å². The molecule has 0 aliphatic rings. The zero-order chi connectivity index (χ0) is 10.3. The second kappa shape index (κ2) is 2.76. The standard InChI is InChI=1S/C8H9N5O/c1-4-3-10-6-5(13(4)2)7(14)12-8(9)11-6/h3H,1-2H3,(H2-,9,10,11,12,14)/p+1. The van der Waals surface area contributed by atoms with E-state index in [0.29, 0.717) is 11.2 Å². The van der Waals surface area contributed by atoms with Crippen molar-refractivity contribution in [2.75, 3.05) is 5.73 Å². The first-order chi connectivity index (χ1) is 6.59. The molecule has 3 N–H and O–H groups in total. The number of aromatic nitrogens is 4. The van der Waals surface area contributed by atoms with Crippen LogP contribution in [-0.2, 0) is 7.05 Å². The summed E-state index contributed by atoms with van der Waals surface area (Å²) in [6.45, 7) is 1.86. The number of nitrogens with two attached hydrogens (primary N) is 1. The molecule has 0 unspecified atom stereocenters. The maximum atomic E-state index is 11.5. The molecule has 0 aromatic carbocycles. The van der Waals surface area contributed by atoms with E-state index in [0.717, 1.165) is 5.69 Å². The first kappa shape index (κ1) is 8.61. The zero-order valence-corrected chi connectivity index (χ0v) is 7.90. The number of H-pyrrole nitrogens is 1. The molecule has 0 aliphatic heterocycles. The smallest absolute Gasteiger partial charge is 0.326 e. The fourth-order valence-corrected chi connectivity index (χ4v) is 1.28. The molecule has 0 saturated carbocycles. The van der Waals surface area contributed by atoms with Crippen molar-refractivity contribution in [2.24, 2.45) is 7.05 Å². The maximum Gasteiger partial charge on any atom is 0.326 e. The lowest BCUT2D eigenvalue weighted by Gasteiger charge is -1.97. The first-order valence-corrected chi connectivity index (χ1v) is 4.10. The van der Waals surface area contributed by atoms with E-state index in [1.807, 2.05) is 6.92 Å². The van der Waals surface area contributed by atoms with Crippen LogP contribution in [0.15, 0.2) is 11.0 Å². The third kappa shape index (κ3) is 1.12. The Bertz CT molecular complexity index is 559. The highest BCUT2D eigenvalue weighted by molar-refractivity contribution is 5.65. The Hall–Kier alpha value is -1.98. The van der Waals surface area contributed by atoms with E-state index in [-0.39, 0.29) is 11.5 Å². The molecule has 0 atom stereocenters. The van der Waals surface area contributed by atoms with Crippen molar-refractivity contribution < 1.29 is 4.57 Å². The molecule has 0 aliphatic carbocycles. The molecule has 6 nitrogen and oxygen atoms in total. The third-order valence-electron chi connectivity index (χ3n) is 2.13. The van der Waals surface area contributed by atoms with Gasteiger partial charge in [-0.05, 0) is 0 Å². The van der Waals surface area contributed by atoms with Gasteiger partial charge in [0.2, 0.25) is 11.6 Å². The Morgan fingerprint density at radius 3 is 3.00 bits per heavy atom. The van der Waals surface area contributed by atoms with Crippen LogP contribution < -0.4 is 15.9 Å².